The molecule has 2 atom stereocenters. The summed E-state index contributed by atoms with van der Waals surface area (Å²) in [5.74, 6) is 1.41. The van der Waals surface area contributed by atoms with Gasteiger partial charge in [-0.1, -0.05) is 12.1 Å². The number of thiocarbonyl (C=S) groups is 1. The third-order valence-electron chi connectivity index (χ3n) is 6.60. The maximum atomic E-state index is 5.91. The average Bonchev–Trinajstić information content (AvgIpc) is 3.50. The van der Waals surface area contributed by atoms with Crippen molar-refractivity contribution in [2.24, 2.45) is 0 Å². The molecule has 0 aliphatic carbocycles. The van der Waals surface area contributed by atoms with Crippen molar-refractivity contribution in [2.75, 3.05) is 19.1 Å². The number of benzene rings is 2. The van der Waals surface area contributed by atoms with Crippen molar-refractivity contribution in [1.29, 1.82) is 0 Å². The van der Waals surface area contributed by atoms with Gasteiger partial charge in [0, 0.05) is 29.8 Å². The summed E-state index contributed by atoms with van der Waals surface area (Å²) in [6, 6.07) is 22.2. The zero-order valence-corrected chi connectivity index (χ0v) is 21.0. The number of nitrogens with zero attached hydrogens (tertiary/aromatic N) is 3. The van der Waals surface area contributed by atoms with Gasteiger partial charge in [0.25, 0.3) is 0 Å². The summed E-state index contributed by atoms with van der Waals surface area (Å²) in [6.07, 6.45) is 3.91. The molecule has 0 spiro atoms. The Morgan fingerprint density at radius 1 is 0.914 bits per heavy atom. The number of hydrogen-bond acceptors (Lipinski definition) is 4. The molecule has 35 heavy (non-hydrogen) atoms. The van der Waals surface area contributed by atoms with Gasteiger partial charge >= 0.3 is 0 Å². The minimum absolute atomic E-state index is 0.157. The maximum absolute atomic E-state index is 5.91. The van der Waals surface area contributed by atoms with Gasteiger partial charge in [0.05, 0.1) is 31.6 Å². The van der Waals surface area contributed by atoms with E-state index in [0.717, 1.165) is 28.5 Å². The molecule has 2 aromatic carbocycles. The first-order valence-electron chi connectivity index (χ1n) is 11.5. The van der Waals surface area contributed by atoms with E-state index in [1.54, 1.807) is 14.2 Å². The minimum atomic E-state index is -0.170. The Morgan fingerprint density at radius 3 is 2.49 bits per heavy atom. The average molecular weight is 485 g/mol. The topological polar surface area (TPSA) is 51.5 Å². The molecule has 4 aromatic rings. The first-order valence-corrected chi connectivity index (χ1v) is 11.9. The lowest BCUT2D eigenvalue weighted by atomic mass is 10.00. The zero-order chi connectivity index (χ0) is 24.5. The number of ether oxygens (including phenoxy) is 2. The minimum Gasteiger partial charge on any atom is -0.497 e. The van der Waals surface area contributed by atoms with Gasteiger partial charge in [-0.25, -0.2) is 0 Å². The van der Waals surface area contributed by atoms with E-state index in [9.17, 15) is 0 Å². The molecule has 1 N–H and O–H groups in total. The van der Waals surface area contributed by atoms with Crippen LogP contribution in [0.25, 0.3) is 5.69 Å². The highest BCUT2D eigenvalue weighted by Crippen LogP contribution is 2.45. The van der Waals surface area contributed by atoms with Gasteiger partial charge in [-0.2, -0.15) is 0 Å². The summed E-state index contributed by atoms with van der Waals surface area (Å²) in [5.41, 5.74) is 6.49. The Bertz CT molecular complexity index is 1370. The molecule has 1 saturated heterocycles. The summed E-state index contributed by atoms with van der Waals surface area (Å²) >= 11 is 5.91. The molecule has 2 aromatic heterocycles. The predicted molar refractivity (Wildman–Crippen MR) is 143 cm³/mol. The fourth-order valence-corrected chi connectivity index (χ4v) is 4.98. The van der Waals surface area contributed by atoms with Gasteiger partial charge in [-0.15, -0.1) is 0 Å². The van der Waals surface area contributed by atoms with Crippen LogP contribution >= 0.6 is 12.2 Å². The molecule has 1 fully saturated rings. The fourth-order valence-electron chi connectivity index (χ4n) is 4.64. The molecule has 1 aliphatic heterocycles. The second kappa shape index (κ2) is 9.43. The lowest BCUT2D eigenvalue weighted by Crippen LogP contribution is -2.30. The molecule has 7 heteroatoms. The van der Waals surface area contributed by atoms with Crippen LogP contribution in [0.2, 0.25) is 0 Å². The Labute approximate surface area is 211 Å². The third kappa shape index (κ3) is 4.12. The van der Waals surface area contributed by atoms with Gasteiger partial charge in [0.15, 0.2) is 5.11 Å². The number of aryl methyl sites for hydroxylation is 2. The molecular formula is C28H28N4O2S. The van der Waals surface area contributed by atoms with E-state index in [1.165, 1.54) is 11.1 Å². The van der Waals surface area contributed by atoms with Crippen LogP contribution in [0.1, 0.15) is 34.6 Å². The van der Waals surface area contributed by atoms with E-state index in [4.69, 9.17) is 21.7 Å². The molecule has 0 saturated carbocycles. The van der Waals surface area contributed by atoms with Gasteiger partial charge in [0.1, 0.15) is 17.5 Å². The second-order valence-corrected chi connectivity index (χ2v) is 8.99. The van der Waals surface area contributed by atoms with Crippen molar-refractivity contribution in [3.05, 3.63) is 102 Å². The van der Waals surface area contributed by atoms with E-state index in [-0.39, 0.29) is 12.1 Å². The number of aromatic nitrogens is 2. The van der Waals surface area contributed by atoms with Gasteiger partial charge in [0.2, 0.25) is 0 Å². The molecule has 3 heterocycles. The maximum Gasteiger partial charge on any atom is 0.174 e. The molecule has 5 rings (SSSR count). The van der Waals surface area contributed by atoms with Crippen LogP contribution in [-0.2, 0) is 0 Å². The van der Waals surface area contributed by atoms with Crippen molar-refractivity contribution in [2.45, 2.75) is 25.9 Å². The monoisotopic (exact) mass is 484 g/mol. The summed E-state index contributed by atoms with van der Waals surface area (Å²) in [7, 11) is 3.31. The Kier molecular flexibility index (Phi) is 6.17. The molecular weight excluding hydrogens is 456 g/mol. The Hall–Kier alpha value is -3.84. The van der Waals surface area contributed by atoms with Crippen molar-refractivity contribution in [3.8, 4) is 17.2 Å². The Morgan fingerprint density at radius 2 is 1.77 bits per heavy atom. The van der Waals surface area contributed by atoms with Crippen molar-refractivity contribution in [1.82, 2.24) is 14.9 Å². The molecule has 0 radical (unpaired) electrons. The van der Waals surface area contributed by atoms with Gasteiger partial charge < -0.3 is 24.3 Å². The smallest absolute Gasteiger partial charge is 0.174 e. The zero-order valence-electron chi connectivity index (χ0n) is 20.2. The number of nitrogens with one attached hydrogen (secondary N) is 1. The van der Waals surface area contributed by atoms with Crippen LogP contribution in [0.3, 0.4) is 0 Å². The van der Waals surface area contributed by atoms with Crippen LogP contribution in [0.15, 0.2) is 79.1 Å². The quantitative estimate of drug-likeness (QED) is 0.355. The lowest BCUT2D eigenvalue weighted by molar-refractivity contribution is 0.394. The van der Waals surface area contributed by atoms with Crippen LogP contribution in [-0.4, -0.2) is 28.9 Å². The molecule has 0 bridgehead atoms. The highest BCUT2D eigenvalue weighted by atomic mass is 32.1. The van der Waals surface area contributed by atoms with E-state index in [1.807, 2.05) is 42.6 Å². The molecule has 1 aliphatic rings. The third-order valence-corrected chi connectivity index (χ3v) is 6.91. The number of pyridine rings is 1. The molecule has 0 unspecified atom stereocenters. The summed E-state index contributed by atoms with van der Waals surface area (Å²) < 4.78 is 13.4. The number of anilines is 1. The second-order valence-electron chi connectivity index (χ2n) is 8.61. The summed E-state index contributed by atoms with van der Waals surface area (Å²) in [4.78, 5) is 6.80. The summed E-state index contributed by atoms with van der Waals surface area (Å²) in [6.45, 7) is 4.27. The van der Waals surface area contributed by atoms with Crippen molar-refractivity contribution >= 4 is 23.0 Å². The first-order chi connectivity index (χ1) is 17.0. The predicted octanol–water partition coefficient (Wildman–Crippen LogP) is 5.68. The Balaban J connectivity index is 1.69. The van der Waals surface area contributed by atoms with Gasteiger partial charge in [-0.05, 0) is 85.7 Å². The highest BCUT2D eigenvalue weighted by Gasteiger charge is 2.43. The van der Waals surface area contributed by atoms with E-state index < -0.39 is 0 Å². The number of methoxy groups -OCH3 is 2. The van der Waals surface area contributed by atoms with Crippen molar-refractivity contribution < 1.29 is 9.47 Å². The number of rotatable bonds is 6. The highest BCUT2D eigenvalue weighted by molar-refractivity contribution is 7.80. The number of hydrogen-bond donors (Lipinski definition) is 1. The molecule has 178 valence electrons. The fraction of sp³-hybridized carbons (Fsp3) is 0.214. The largest absolute Gasteiger partial charge is 0.497 e. The molecule has 6 nitrogen and oxygen atoms in total. The van der Waals surface area contributed by atoms with Crippen LogP contribution in [0.5, 0.6) is 11.5 Å². The normalized spacial score (nSPS) is 17.4. The molecule has 0 amide bonds. The standard InChI is InChI=1S/C28H28N4O2S/c1-18-10-11-20(16-19(18)2)31-15-7-9-24(31)27-26(22-8-5-6-14-29-22)30-28(35)32(27)23-13-12-21(33-3)17-25(23)34-4/h5-17,26-27H,1-4H3,(H,30,35)/t26-,27+/m1/s1. The van der Waals surface area contributed by atoms with Crippen LogP contribution in [0, 0.1) is 13.8 Å². The van der Waals surface area contributed by atoms with E-state index in [2.05, 4.69) is 70.1 Å². The lowest BCUT2D eigenvalue weighted by Gasteiger charge is -2.30. The SMILES string of the molecule is COc1ccc(N2C(=S)N[C@H](c3ccccn3)[C@@H]2c2cccn2-c2ccc(C)c(C)c2)c(OC)c1. The summed E-state index contributed by atoms with van der Waals surface area (Å²) in [5, 5.41) is 4.14. The van der Waals surface area contributed by atoms with Gasteiger partial charge in [-0.3, -0.25) is 4.98 Å². The van der Waals surface area contributed by atoms with Crippen LogP contribution in [0.4, 0.5) is 5.69 Å². The van der Waals surface area contributed by atoms with Crippen molar-refractivity contribution in [3.63, 3.8) is 0 Å². The first kappa shape index (κ1) is 22.9. The van der Waals surface area contributed by atoms with Crippen LogP contribution < -0.4 is 19.7 Å². The van der Waals surface area contributed by atoms with E-state index >= 15 is 0 Å². The van der Waals surface area contributed by atoms with E-state index in [0.29, 0.717) is 10.9 Å².